The van der Waals surface area contributed by atoms with Crippen LogP contribution in [0.4, 0.5) is 10.1 Å². The minimum atomic E-state index is -0.273. The highest BCUT2D eigenvalue weighted by Crippen LogP contribution is 2.24. The largest absolute Gasteiger partial charge is 0.388 e. The maximum atomic E-state index is 13.7. The van der Waals surface area contributed by atoms with E-state index in [1.807, 2.05) is 25.2 Å². The van der Waals surface area contributed by atoms with Crippen LogP contribution in [0.3, 0.4) is 0 Å². The van der Waals surface area contributed by atoms with Gasteiger partial charge in [0.05, 0.1) is 16.6 Å². The van der Waals surface area contributed by atoms with Crippen molar-refractivity contribution in [2.75, 3.05) is 12.4 Å². The van der Waals surface area contributed by atoms with Crippen LogP contribution in [0.2, 0.25) is 0 Å². The molecule has 1 heterocycles. The molecule has 0 saturated carbocycles. The van der Waals surface area contributed by atoms with Crippen molar-refractivity contribution in [3.05, 3.63) is 48.3 Å². The number of anilines is 1. The first-order chi connectivity index (χ1) is 8.78. The van der Waals surface area contributed by atoms with E-state index in [0.29, 0.717) is 11.4 Å². The second-order valence-electron chi connectivity index (χ2n) is 4.05. The molecule has 2 aromatic carbocycles. The lowest BCUT2D eigenvalue weighted by Gasteiger charge is -1.97. The second-order valence-corrected chi connectivity index (χ2v) is 4.05. The number of imidazole rings is 1. The molecule has 4 heteroatoms. The number of nitrogens with one attached hydrogen (secondary N) is 2. The van der Waals surface area contributed by atoms with Gasteiger partial charge in [-0.3, -0.25) is 0 Å². The number of aromatic amines is 1. The first-order valence-electron chi connectivity index (χ1n) is 5.70. The van der Waals surface area contributed by atoms with Crippen LogP contribution in [-0.2, 0) is 0 Å². The van der Waals surface area contributed by atoms with Crippen molar-refractivity contribution in [1.29, 1.82) is 0 Å². The standard InChI is InChI=1S/C14H12FN3/c1-16-9-6-7-12-13(8-9)18-14(17-12)10-4-2-3-5-11(10)15/h2-8,16H,1H3,(H,17,18). The lowest BCUT2D eigenvalue weighted by atomic mass is 10.2. The van der Waals surface area contributed by atoms with E-state index in [0.717, 1.165) is 16.7 Å². The van der Waals surface area contributed by atoms with Crippen LogP contribution < -0.4 is 5.32 Å². The van der Waals surface area contributed by atoms with Gasteiger partial charge in [0, 0.05) is 12.7 Å². The minimum absolute atomic E-state index is 0.273. The summed E-state index contributed by atoms with van der Waals surface area (Å²) in [7, 11) is 1.86. The number of nitrogens with zero attached hydrogens (tertiary/aromatic N) is 1. The van der Waals surface area contributed by atoms with Gasteiger partial charge in [0.15, 0.2) is 0 Å². The van der Waals surface area contributed by atoms with Gasteiger partial charge in [0.2, 0.25) is 0 Å². The van der Waals surface area contributed by atoms with E-state index in [1.165, 1.54) is 6.07 Å². The van der Waals surface area contributed by atoms with E-state index in [4.69, 9.17) is 0 Å². The van der Waals surface area contributed by atoms with Crippen LogP contribution >= 0.6 is 0 Å². The Balaban J connectivity index is 2.17. The molecule has 0 spiro atoms. The molecule has 18 heavy (non-hydrogen) atoms. The third-order valence-electron chi connectivity index (χ3n) is 2.90. The molecular formula is C14H12FN3. The number of halogens is 1. The van der Waals surface area contributed by atoms with Crippen LogP contribution in [0.25, 0.3) is 22.4 Å². The molecule has 0 radical (unpaired) electrons. The first-order valence-corrected chi connectivity index (χ1v) is 5.70. The fraction of sp³-hybridized carbons (Fsp3) is 0.0714. The topological polar surface area (TPSA) is 40.7 Å². The normalized spacial score (nSPS) is 10.8. The van der Waals surface area contributed by atoms with Crippen molar-refractivity contribution >= 4 is 16.7 Å². The van der Waals surface area contributed by atoms with Crippen molar-refractivity contribution in [2.45, 2.75) is 0 Å². The molecule has 3 nitrogen and oxygen atoms in total. The molecule has 0 saturated heterocycles. The Bertz CT molecular complexity index is 703. The highest BCUT2D eigenvalue weighted by atomic mass is 19.1. The van der Waals surface area contributed by atoms with Gasteiger partial charge in [-0.05, 0) is 30.3 Å². The molecule has 0 atom stereocenters. The summed E-state index contributed by atoms with van der Waals surface area (Å²) < 4.78 is 13.7. The fourth-order valence-corrected chi connectivity index (χ4v) is 1.95. The smallest absolute Gasteiger partial charge is 0.141 e. The van der Waals surface area contributed by atoms with Gasteiger partial charge >= 0.3 is 0 Å². The molecule has 0 aliphatic rings. The Hall–Kier alpha value is -2.36. The van der Waals surface area contributed by atoms with Crippen molar-refractivity contribution in [3.8, 4) is 11.4 Å². The molecule has 0 fully saturated rings. The minimum Gasteiger partial charge on any atom is -0.388 e. The van der Waals surface area contributed by atoms with Gasteiger partial charge < -0.3 is 10.3 Å². The van der Waals surface area contributed by atoms with E-state index in [-0.39, 0.29) is 5.82 Å². The quantitative estimate of drug-likeness (QED) is 0.721. The molecule has 0 amide bonds. The lowest BCUT2D eigenvalue weighted by Crippen LogP contribution is -1.86. The van der Waals surface area contributed by atoms with E-state index in [9.17, 15) is 4.39 Å². The summed E-state index contributed by atoms with van der Waals surface area (Å²) in [5, 5.41) is 3.06. The van der Waals surface area contributed by atoms with Gasteiger partial charge in [0.25, 0.3) is 0 Å². The summed E-state index contributed by atoms with van der Waals surface area (Å²) in [5.74, 6) is 0.279. The molecule has 3 rings (SSSR count). The van der Waals surface area contributed by atoms with E-state index in [2.05, 4.69) is 15.3 Å². The van der Waals surface area contributed by atoms with E-state index in [1.54, 1.807) is 18.2 Å². The number of aromatic nitrogens is 2. The third kappa shape index (κ3) is 1.72. The van der Waals surface area contributed by atoms with Crippen molar-refractivity contribution < 1.29 is 4.39 Å². The summed E-state index contributed by atoms with van der Waals surface area (Å²) in [4.78, 5) is 7.53. The maximum Gasteiger partial charge on any atom is 0.141 e. The van der Waals surface area contributed by atoms with Crippen LogP contribution in [0.5, 0.6) is 0 Å². The van der Waals surface area contributed by atoms with Crippen molar-refractivity contribution in [1.82, 2.24) is 9.97 Å². The van der Waals surface area contributed by atoms with Crippen molar-refractivity contribution in [2.24, 2.45) is 0 Å². The van der Waals surface area contributed by atoms with Crippen LogP contribution in [-0.4, -0.2) is 17.0 Å². The predicted octanol–water partition coefficient (Wildman–Crippen LogP) is 3.41. The fourth-order valence-electron chi connectivity index (χ4n) is 1.95. The third-order valence-corrected chi connectivity index (χ3v) is 2.90. The predicted molar refractivity (Wildman–Crippen MR) is 71.0 cm³/mol. The molecule has 1 aromatic heterocycles. The highest BCUT2D eigenvalue weighted by Gasteiger charge is 2.09. The molecule has 3 aromatic rings. The SMILES string of the molecule is CNc1ccc2nc(-c3ccccc3F)[nH]c2c1. The zero-order valence-electron chi connectivity index (χ0n) is 9.87. The molecule has 0 bridgehead atoms. The lowest BCUT2D eigenvalue weighted by molar-refractivity contribution is 0.630. The Morgan fingerprint density at radius 1 is 1.17 bits per heavy atom. The summed E-state index contributed by atoms with van der Waals surface area (Å²) in [6.45, 7) is 0. The molecule has 0 aliphatic carbocycles. The summed E-state index contributed by atoms with van der Waals surface area (Å²) >= 11 is 0. The second kappa shape index (κ2) is 4.14. The Kier molecular flexibility index (Phi) is 2.48. The molecular weight excluding hydrogens is 229 g/mol. The maximum absolute atomic E-state index is 13.7. The average Bonchev–Trinajstić information content (AvgIpc) is 2.81. The number of hydrogen-bond donors (Lipinski definition) is 2. The van der Waals surface area contributed by atoms with Crippen LogP contribution in [0, 0.1) is 5.82 Å². The number of benzene rings is 2. The van der Waals surface area contributed by atoms with Gasteiger partial charge in [-0.25, -0.2) is 9.37 Å². The van der Waals surface area contributed by atoms with Gasteiger partial charge in [-0.15, -0.1) is 0 Å². The average molecular weight is 241 g/mol. The molecule has 0 unspecified atom stereocenters. The molecule has 90 valence electrons. The summed E-state index contributed by atoms with van der Waals surface area (Å²) in [6.07, 6.45) is 0. The van der Waals surface area contributed by atoms with Gasteiger partial charge in [-0.1, -0.05) is 12.1 Å². The van der Waals surface area contributed by atoms with E-state index < -0.39 is 0 Å². The number of H-pyrrole nitrogens is 1. The Morgan fingerprint density at radius 3 is 2.78 bits per heavy atom. The number of rotatable bonds is 2. The zero-order chi connectivity index (χ0) is 12.5. The number of fused-ring (bicyclic) bond motifs is 1. The van der Waals surface area contributed by atoms with Gasteiger partial charge in [-0.2, -0.15) is 0 Å². The Morgan fingerprint density at radius 2 is 2.00 bits per heavy atom. The molecule has 0 aliphatic heterocycles. The first kappa shape index (κ1) is 10.8. The molecule has 2 N–H and O–H groups in total. The van der Waals surface area contributed by atoms with E-state index >= 15 is 0 Å². The zero-order valence-corrected chi connectivity index (χ0v) is 9.87. The monoisotopic (exact) mass is 241 g/mol. The van der Waals surface area contributed by atoms with Crippen LogP contribution in [0.15, 0.2) is 42.5 Å². The summed E-state index contributed by atoms with van der Waals surface area (Å²) in [6, 6.07) is 12.4. The summed E-state index contributed by atoms with van der Waals surface area (Å²) in [5.41, 5.74) is 3.19. The van der Waals surface area contributed by atoms with Crippen LogP contribution in [0.1, 0.15) is 0 Å². The highest BCUT2D eigenvalue weighted by molar-refractivity contribution is 5.82. The number of hydrogen-bond acceptors (Lipinski definition) is 2. The Labute approximate surface area is 104 Å². The van der Waals surface area contributed by atoms with Gasteiger partial charge in [0.1, 0.15) is 11.6 Å². The van der Waals surface area contributed by atoms with Crippen molar-refractivity contribution in [3.63, 3.8) is 0 Å².